The molecule has 0 atom stereocenters. The van der Waals surface area contributed by atoms with E-state index < -0.39 is 0 Å². The lowest BCUT2D eigenvalue weighted by Crippen LogP contribution is -2.31. The number of anilines is 1. The highest BCUT2D eigenvalue weighted by Gasteiger charge is 2.22. The third-order valence-electron chi connectivity index (χ3n) is 4.38. The Morgan fingerprint density at radius 1 is 1.29 bits per heavy atom. The maximum absolute atomic E-state index is 13.1. The number of hydrogen-bond acceptors (Lipinski definition) is 5. The van der Waals surface area contributed by atoms with Crippen LogP contribution in [0.25, 0.3) is 10.2 Å². The van der Waals surface area contributed by atoms with Crippen molar-refractivity contribution < 1.29 is 4.79 Å². The highest BCUT2D eigenvalue weighted by molar-refractivity contribution is 7.22. The van der Waals surface area contributed by atoms with Crippen LogP contribution in [-0.4, -0.2) is 27.0 Å². The molecule has 5 nitrogen and oxygen atoms in total. The molecule has 0 radical (unpaired) electrons. The molecule has 8 heteroatoms. The van der Waals surface area contributed by atoms with E-state index in [1.807, 2.05) is 33.2 Å². The van der Waals surface area contributed by atoms with E-state index in [2.05, 4.69) is 31.0 Å². The monoisotopic (exact) mass is 432 g/mol. The van der Waals surface area contributed by atoms with Gasteiger partial charge < -0.3 is 4.57 Å². The first-order valence-electron chi connectivity index (χ1n) is 8.81. The van der Waals surface area contributed by atoms with Crippen molar-refractivity contribution in [1.29, 1.82) is 0 Å². The van der Waals surface area contributed by atoms with Gasteiger partial charge in [-0.3, -0.25) is 9.69 Å². The molecule has 3 aromatic heterocycles. The summed E-state index contributed by atoms with van der Waals surface area (Å²) >= 11 is 3.05. The molecule has 4 aromatic rings. The fourth-order valence-corrected chi connectivity index (χ4v) is 4.96. The topological polar surface area (TPSA) is 51.0 Å². The van der Waals surface area contributed by atoms with Crippen LogP contribution in [0.2, 0.25) is 0 Å². The summed E-state index contributed by atoms with van der Waals surface area (Å²) in [5, 5.41) is 2.70. The average Bonchev–Trinajstić information content (AvgIpc) is 3.38. The molecule has 0 spiro atoms. The lowest BCUT2D eigenvalue weighted by molar-refractivity contribution is 0.0990. The number of thiazole rings is 1. The fourth-order valence-electron chi connectivity index (χ4n) is 3.12. The summed E-state index contributed by atoms with van der Waals surface area (Å²) < 4.78 is 3.15. The Labute approximate surface area is 178 Å². The number of benzene rings is 1. The zero-order valence-corrected chi connectivity index (χ0v) is 18.1. The Hall–Kier alpha value is -2.22. The maximum Gasteiger partial charge on any atom is 0.270 e. The highest BCUT2D eigenvalue weighted by Crippen LogP contribution is 2.33. The molecule has 0 fully saturated rings. The zero-order chi connectivity index (χ0) is 18.8. The van der Waals surface area contributed by atoms with Crippen molar-refractivity contribution in [2.24, 2.45) is 0 Å². The Bertz CT molecular complexity index is 1060. The van der Waals surface area contributed by atoms with E-state index in [-0.39, 0.29) is 18.3 Å². The Balaban J connectivity index is 0.00000225. The molecule has 28 heavy (non-hydrogen) atoms. The van der Waals surface area contributed by atoms with E-state index in [4.69, 9.17) is 4.98 Å². The van der Waals surface area contributed by atoms with Gasteiger partial charge in [-0.25, -0.2) is 9.97 Å². The summed E-state index contributed by atoms with van der Waals surface area (Å²) in [4.78, 5) is 24.6. The molecular formula is C20H21ClN4OS2. The van der Waals surface area contributed by atoms with Gasteiger partial charge in [-0.15, -0.1) is 23.7 Å². The van der Waals surface area contributed by atoms with Crippen molar-refractivity contribution >= 4 is 56.3 Å². The predicted molar refractivity (Wildman–Crippen MR) is 119 cm³/mol. The summed E-state index contributed by atoms with van der Waals surface area (Å²) in [5.41, 5.74) is 3.35. The number of imidazole rings is 1. The van der Waals surface area contributed by atoms with Gasteiger partial charge in [0.05, 0.1) is 21.4 Å². The van der Waals surface area contributed by atoms with Crippen LogP contribution in [0.15, 0.2) is 48.4 Å². The Morgan fingerprint density at radius 3 is 2.86 bits per heavy atom. The second-order valence-electron chi connectivity index (χ2n) is 6.51. The molecule has 0 aliphatic heterocycles. The van der Waals surface area contributed by atoms with Crippen LogP contribution in [0.5, 0.6) is 0 Å². The molecule has 4 rings (SSSR count). The molecule has 0 N–H and O–H groups in total. The van der Waals surface area contributed by atoms with Gasteiger partial charge in [0.15, 0.2) is 5.13 Å². The van der Waals surface area contributed by atoms with Gasteiger partial charge in [0.25, 0.3) is 5.91 Å². The standard InChI is InChI=1S/C20H20N4OS2.ClH/c1-14-11-15(2)18-17(12-14)27-20(22-18)24(19(25)16-5-3-10-26-16)8-4-7-23-9-6-21-13-23;/h3,5-6,9-13H,4,7-8H2,1-2H3;1H. The predicted octanol–water partition coefficient (Wildman–Crippen LogP) is 5.33. The van der Waals surface area contributed by atoms with Crippen molar-refractivity contribution in [3.8, 4) is 0 Å². The van der Waals surface area contributed by atoms with Crippen LogP contribution in [0, 0.1) is 13.8 Å². The summed E-state index contributed by atoms with van der Waals surface area (Å²) in [6.45, 7) is 5.60. The number of aromatic nitrogens is 3. The molecule has 3 heterocycles. The number of rotatable bonds is 6. The van der Waals surface area contributed by atoms with Crippen molar-refractivity contribution in [3.05, 3.63) is 64.4 Å². The molecule has 0 bridgehead atoms. The first-order chi connectivity index (χ1) is 13.1. The average molecular weight is 433 g/mol. The molecule has 0 saturated heterocycles. The van der Waals surface area contributed by atoms with E-state index in [0.717, 1.165) is 38.8 Å². The Kier molecular flexibility index (Phi) is 6.49. The SMILES string of the molecule is Cc1cc(C)c2nc(N(CCCn3ccnc3)C(=O)c3cccs3)sc2c1.Cl. The van der Waals surface area contributed by atoms with Crippen LogP contribution in [0.3, 0.4) is 0 Å². The third kappa shape index (κ3) is 4.27. The van der Waals surface area contributed by atoms with Crippen molar-refractivity contribution in [2.75, 3.05) is 11.4 Å². The minimum absolute atomic E-state index is 0. The molecule has 0 saturated carbocycles. The van der Waals surface area contributed by atoms with Gasteiger partial charge in [0, 0.05) is 25.5 Å². The van der Waals surface area contributed by atoms with Crippen molar-refractivity contribution in [2.45, 2.75) is 26.8 Å². The van der Waals surface area contributed by atoms with Crippen LogP contribution in [0.1, 0.15) is 27.2 Å². The lowest BCUT2D eigenvalue weighted by atomic mass is 10.1. The number of nitrogens with zero attached hydrogens (tertiary/aromatic N) is 4. The molecular weight excluding hydrogens is 412 g/mol. The summed E-state index contributed by atoms with van der Waals surface area (Å²) in [7, 11) is 0. The second kappa shape index (κ2) is 8.86. The van der Waals surface area contributed by atoms with E-state index in [9.17, 15) is 4.79 Å². The highest BCUT2D eigenvalue weighted by atomic mass is 35.5. The zero-order valence-electron chi connectivity index (χ0n) is 15.7. The number of halogens is 1. The number of fused-ring (bicyclic) bond motifs is 1. The number of thiophene rings is 1. The van der Waals surface area contributed by atoms with Crippen LogP contribution in [0.4, 0.5) is 5.13 Å². The van der Waals surface area contributed by atoms with Crippen LogP contribution < -0.4 is 4.90 Å². The normalized spacial score (nSPS) is 10.8. The molecule has 0 aliphatic carbocycles. The first-order valence-corrected chi connectivity index (χ1v) is 10.5. The quantitative estimate of drug-likeness (QED) is 0.413. The van der Waals surface area contributed by atoms with Gasteiger partial charge in [-0.2, -0.15) is 0 Å². The lowest BCUT2D eigenvalue weighted by Gasteiger charge is -2.19. The van der Waals surface area contributed by atoms with E-state index in [1.54, 1.807) is 23.9 Å². The summed E-state index contributed by atoms with van der Waals surface area (Å²) in [5.74, 6) is 0.0177. The van der Waals surface area contributed by atoms with Crippen molar-refractivity contribution in [1.82, 2.24) is 14.5 Å². The first kappa shape index (κ1) is 20.5. The Morgan fingerprint density at radius 2 is 2.14 bits per heavy atom. The van der Waals surface area contributed by atoms with Crippen molar-refractivity contribution in [3.63, 3.8) is 0 Å². The number of carbonyl (C=O) groups excluding carboxylic acids is 1. The molecule has 146 valence electrons. The van der Waals surface area contributed by atoms with E-state index in [1.165, 1.54) is 16.9 Å². The van der Waals surface area contributed by atoms with E-state index >= 15 is 0 Å². The van der Waals surface area contributed by atoms with Gasteiger partial charge in [0.1, 0.15) is 0 Å². The second-order valence-corrected chi connectivity index (χ2v) is 8.47. The summed E-state index contributed by atoms with van der Waals surface area (Å²) in [6.07, 6.45) is 6.35. The van der Waals surface area contributed by atoms with Gasteiger partial charge in [0.2, 0.25) is 0 Å². The van der Waals surface area contributed by atoms with Gasteiger partial charge >= 0.3 is 0 Å². The molecule has 1 amide bonds. The van der Waals surface area contributed by atoms with Gasteiger partial charge in [-0.1, -0.05) is 23.5 Å². The fraction of sp³-hybridized carbons (Fsp3) is 0.250. The summed E-state index contributed by atoms with van der Waals surface area (Å²) in [6, 6.07) is 8.06. The minimum Gasteiger partial charge on any atom is -0.337 e. The number of aryl methyl sites for hydroxylation is 3. The molecule has 0 aliphatic rings. The molecule has 0 unspecified atom stereocenters. The smallest absolute Gasteiger partial charge is 0.270 e. The number of carbonyl (C=O) groups is 1. The third-order valence-corrected chi connectivity index (χ3v) is 6.27. The number of amides is 1. The number of hydrogen-bond donors (Lipinski definition) is 0. The minimum atomic E-state index is 0. The maximum atomic E-state index is 13.1. The van der Waals surface area contributed by atoms with Crippen LogP contribution >= 0.6 is 35.1 Å². The van der Waals surface area contributed by atoms with Gasteiger partial charge in [-0.05, 0) is 48.9 Å². The molecule has 1 aromatic carbocycles. The largest absolute Gasteiger partial charge is 0.337 e. The van der Waals surface area contributed by atoms with E-state index in [0.29, 0.717) is 6.54 Å². The van der Waals surface area contributed by atoms with Crippen LogP contribution in [-0.2, 0) is 6.54 Å².